The summed E-state index contributed by atoms with van der Waals surface area (Å²) in [6.07, 6.45) is -1.44. The number of fused-ring (bicyclic) bond motifs is 2. The van der Waals surface area contributed by atoms with Crippen LogP contribution in [-0.4, -0.2) is 65.2 Å². The molecule has 2 fully saturated rings. The Morgan fingerprint density at radius 1 is 1.07 bits per heavy atom. The van der Waals surface area contributed by atoms with Gasteiger partial charge in [-0.3, -0.25) is 9.59 Å². The van der Waals surface area contributed by atoms with E-state index >= 15 is 0 Å². The fourth-order valence-corrected chi connectivity index (χ4v) is 8.14. The lowest BCUT2D eigenvalue weighted by molar-refractivity contribution is -0.133. The lowest BCUT2D eigenvalue weighted by Gasteiger charge is -2.42. The number of carbonyl (C=O) groups excluding carboxylic acids is 2. The van der Waals surface area contributed by atoms with E-state index in [1.54, 1.807) is 0 Å². The molecule has 14 heteroatoms. The van der Waals surface area contributed by atoms with E-state index in [1.807, 2.05) is 0 Å². The summed E-state index contributed by atoms with van der Waals surface area (Å²) in [6.45, 7) is 1.17. The lowest BCUT2D eigenvalue weighted by atomic mass is 9.72. The second-order valence-corrected chi connectivity index (χ2v) is 13.3. The first-order chi connectivity index (χ1) is 19.1. The van der Waals surface area contributed by atoms with Gasteiger partial charge in [0.05, 0.1) is 39.4 Å². The highest BCUT2D eigenvalue weighted by Crippen LogP contribution is 2.53. The largest absolute Gasteiger partial charge is 0.391 e. The molecule has 0 saturated heterocycles. The van der Waals surface area contributed by atoms with Crippen molar-refractivity contribution in [3.63, 3.8) is 0 Å². The molecule has 41 heavy (non-hydrogen) atoms. The maximum absolute atomic E-state index is 13.7. The van der Waals surface area contributed by atoms with Gasteiger partial charge < -0.3 is 26.0 Å². The van der Waals surface area contributed by atoms with Crippen LogP contribution < -0.4 is 10.6 Å². The SMILES string of the molecule is CC(O)C(O)CNC(=O)CC1(O)C2CC[C@H]1CC(S(=O)(=O)c1cc(C(=O)Nc3cc(F)c(F)c(F)c3)ccc1Cl)C2. The minimum absolute atomic E-state index is 0.0415. The first kappa shape index (κ1) is 31.2. The number of nitrogens with one attached hydrogen (secondary N) is 2. The Balaban J connectivity index is 1.49. The molecular formula is C27H30ClF3N2O7S. The van der Waals surface area contributed by atoms with Crippen LogP contribution in [0.4, 0.5) is 18.9 Å². The van der Waals surface area contributed by atoms with E-state index in [-0.39, 0.29) is 47.0 Å². The van der Waals surface area contributed by atoms with Gasteiger partial charge >= 0.3 is 0 Å². The molecule has 9 nitrogen and oxygen atoms in total. The molecule has 4 rings (SSSR count). The maximum atomic E-state index is 13.7. The molecule has 224 valence electrons. The number of carbonyl (C=O) groups is 2. The molecule has 2 aromatic carbocycles. The number of sulfone groups is 1. The van der Waals surface area contributed by atoms with E-state index in [9.17, 15) is 46.5 Å². The van der Waals surface area contributed by atoms with Crippen LogP contribution in [0.25, 0.3) is 0 Å². The molecule has 0 radical (unpaired) electrons. The normalized spacial score (nSPS) is 25.4. The maximum Gasteiger partial charge on any atom is 0.255 e. The molecule has 0 heterocycles. The van der Waals surface area contributed by atoms with Crippen molar-refractivity contribution in [1.82, 2.24) is 5.32 Å². The number of rotatable bonds is 9. The zero-order chi connectivity index (χ0) is 30.3. The van der Waals surface area contributed by atoms with Crippen LogP contribution in [-0.2, 0) is 14.6 Å². The minimum Gasteiger partial charge on any atom is -0.391 e. The number of aliphatic hydroxyl groups excluding tert-OH is 2. The molecule has 2 aliphatic carbocycles. The van der Waals surface area contributed by atoms with Gasteiger partial charge in [0.1, 0.15) is 0 Å². The Kier molecular flexibility index (Phi) is 9.05. The molecule has 0 aliphatic heterocycles. The third-order valence-electron chi connectivity index (χ3n) is 8.06. The van der Waals surface area contributed by atoms with Crippen molar-refractivity contribution >= 4 is 38.9 Å². The van der Waals surface area contributed by atoms with E-state index < -0.39 is 74.0 Å². The third kappa shape index (κ3) is 6.38. The highest BCUT2D eigenvalue weighted by atomic mass is 35.5. The van der Waals surface area contributed by atoms with Gasteiger partial charge in [0, 0.05) is 29.9 Å². The minimum atomic E-state index is -4.13. The van der Waals surface area contributed by atoms with Crippen LogP contribution in [0.2, 0.25) is 5.02 Å². The smallest absolute Gasteiger partial charge is 0.255 e. The van der Waals surface area contributed by atoms with Gasteiger partial charge in [-0.25, -0.2) is 21.6 Å². The molecule has 5 unspecified atom stereocenters. The molecule has 2 saturated carbocycles. The van der Waals surface area contributed by atoms with Crippen molar-refractivity contribution in [2.45, 2.75) is 67.0 Å². The van der Waals surface area contributed by atoms with Gasteiger partial charge in [-0.05, 0) is 62.6 Å². The van der Waals surface area contributed by atoms with Crippen molar-refractivity contribution < 1.29 is 46.5 Å². The zero-order valence-corrected chi connectivity index (χ0v) is 23.5. The van der Waals surface area contributed by atoms with Crippen molar-refractivity contribution in [2.75, 3.05) is 11.9 Å². The number of halogens is 4. The highest BCUT2D eigenvalue weighted by molar-refractivity contribution is 7.92. The number of amides is 2. The highest BCUT2D eigenvalue weighted by Gasteiger charge is 2.56. The van der Waals surface area contributed by atoms with Crippen LogP contribution in [0, 0.1) is 29.3 Å². The van der Waals surface area contributed by atoms with Gasteiger partial charge in [-0.1, -0.05) is 11.6 Å². The first-order valence-electron chi connectivity index (χ1n) is 13.0. The fourth-order valence-electron chi connectivity index (χ4n) is 5.73. The molecule has 5 N–H and O–H groups in total. The number of hydrogen-bond acceptors (Lipinski definition) is 7. The molecule has 2 bridgehead atoms. The zero-order valence-electron chi connectivity index (χ0n) is 21.9. The van der Waals surface area contributed by atoms with E-state index in [4.69, 9.17) is 11.6 Å². The number of benzene rings is 2. The third-order valence-corrected chi connectivity index (χ3v) is 10.7. The quantitative estimate of drug-likeness (QED) is 0.271. The Morgan fingerprint density at radius 2 is 1.66 bits per heavy atom. The van der Waals surface area contributed by atoms with Gasteiger partial charge in [-0.2, -0.15) is 0 Å². The molecule has 2 aliphatic rings. The van der Waals surface area contributed by atoms with Crippen molar-refractivity contribution in [3.05, 3.63) is 58.4 Å². The predicted molar refractivity (Wildman–Crippen MR) is 142 cm³/mol. The topological polar surface area (TPSA) is 153 Å². The number of aliphatic hydroxyl groups is 3. The summed E-state index contributed by atoms with van der Waals surface area (Å²) >= 11 is 6.23. The van der Waals surface area contributed by atoms with E-state index in [2.05, 4.69) is 10.6 Å². The average molecular weight is 619 g/mol. The Bertz CT molecular complexity index is 1420. The number of hydrogen-bond donors (Lipinski definition) is 5. The predicted octanol–water partition coefficient (Wildman–Crippen LogP) is 2.95. The van der Waals surface area contributed by atoms with Crippen LogP contribution in [0.15, 0.2) is 35.2 Å². The van der Waals surface area contributed by atoms with Gasteiger partial charge in [-0.15, -0.1) is 0 Å². The second-order valence-electron chi connectivity index (χ2n) is 10.7. The molecule has 0 spiro atoms. The van der Waals surface area contributed by atoms with Crippen LogP contribution in [0.3, 0.4) is 0 Å². The van der Waals surface area contributed by atoms with Gasteiger partial charge in [0.2, 0.25) is 5.91 Å². The first-order valence-corrected chi connectivity index (χ1v) is 14.9. The molecule has 2 amide bonds. The number of anilines is 1. The summed E-state index contributed by atoms with van der Waals surface area (Å²) in [4.78, 5) is 24.9. The lowest BCUT2D eigenvalue weighted by Crippen LogP contribution is -2.51. The van der Waals surface area contributed by atoms with E-state index in [0.29, 0.717) is 25.0 Å². The fraction of sp³-hybridized carbons (Fsp3) is 0.481. The summed E-state index contributed by atoms with van der Waals surface area (Å²) in [5, 5.41) is 34.1. The summed E-state index contributed by atoms with van der Waals surface area (Å²) in [5.41, 5.74) is -2.00. The van der Waals surface area contributed by atoms with Crippen molar-refractivity contribution in [1.29, 1.82) is 0 Å². The Morgan fingerprint density at radius 3 is 2.22 bits per heavy atom. The molecular weight excluding hydrogens is 589 g/mol. The van der Waals surface area contributed by atoms with Crippen LogP contribution in [0.5, 0.6) is 0 Å². The Hall–Kier alpha value is -2.71. The summed E-state index contributed by atoms with van der Waals surface area (Å²) < 4.78 is 67.7. The average Bonchev–Trinajstić information content (AvgIpc) is 3.06. The van der Waals surface area contributed by atoms with Crippen LogP contribution in [0.1, 0.15) is 49.4 Å². The summed E-state index contributed by atoms with van der Waals surface area (Å²) in [7, 11) is -4.13. The summed E-state index contributed by atoms with van der Waals surface area (Å²) in [5.74, 6) is -7.19. The monoisotopic (exact) mass is 618 g/mol. The van der Waals surface area contributed by atoms with Crippen molar-refractivity contribution in [2.24, 2.45) is 11.8 Å². The van der Waals surface area contributed by atoms with Gasteiger partial charge in [0.15, 0.2) is 27.3 Å². The molecule has 6 atom stereocenters. The molecule has 2 aromatic rings. The van der Waals surface area contributed by atoms with Crippen LogP contribution >= 0.6 is 11.6 Å². The Labute approximate surface area is 239 Å². The van der Waals surface area contributed by atoms with Crippen molar-refractivity contribution in [3.8, 4) is 0 Å². The van der Waals surface area contributed by atoms with E-state index in [0.717, 1.165) is 6.07 Å². The van der Waals surface area contributed by atoms with Gasteiger partial charge in [0.25, 0.3) is 5.91 Å². The molecule has 0 aromatic heterocycles. The van der Waals surface area contributed by atoms with E-state index in [1.165, 1.54) is 19.1 Å². The standard InChI is InChI=1S/C27H30ClF3N2O7S/c1-13(34)22(35)12-32-24(36)11-27(38)15-3-4-16(27)8-18(7-15)41(39,40)23-6-14(2-5-19(23)28)26(37)33-17-9-20(29)25(31)21(30)10-17/h2,5-6,9-10,13,15-16,18,22,34-35,38H,3-4,7-8,11-12H2,1H3,(H,32,36)(H,33,37)/t13?,15-,16?,18?,22?,27?/m0/s1. The summed E-state index contributed by atoms with van der Waals surface area (Å²) in [6, 6.07) is 4.64. The second kappa shape index (κ2) is 11.9.